The molecule has 0 radical (unpaired) electrons. The summed E-state index contributed by atoms with van der Waals surface area (Å²) in [6.07, 6.45) is 8.68. The lowest BCUT2D eigenvalue weighted by Crippen LogP contribution is -2.46. The smallest absolute Gasteiger partial charge is 0.188 e. The summed E-state index contributed by atoms with van der Waals surface area (Å²) in [7, 11) is 0. The first-order valence-electron chi connectivity index (χ1n) is 8.52. The molecule has 2 aromatic heterocycles. The largest absolute Gasteiger partial charge is 0.348 e. The molecular formula is C17H24N4S. The van der Waals surface area contributed by atoms with Crippen molar-refractivity contribution < 1.29 is 0 Å². The predicted octanol–water partition coefficient (Wildman–Crippen LogP) is 3.45. The maximum atomic E-state index is 4.73. The number of thiazole rings is 1. The summed E-state index contributed by atoms with van der Waals surface area (Å²) in [6, 6.07) is 3.00. The Morgan fingerprint density at radius 1 is 1.09 bits per heavy atom. The van der Waals surface area contributed by atoms with E-state index in [1.165, 1.54) is 55.5 Å². The number of likely N-dealkylation sites (tertiary alicyclic amines) is 1. The molecule has 4 nitrogen and oxygen atoms in total. The van der Waals surface area contributed by atoms with Crippen molar-refractivity contribution in [3.05, 3.63) is 17.8 Å². The van der Waals surface area contributed by atoms with Crippen molar-refractivity contribution >= 4 is 26.8 Å². The molecule has 0 spiro atoms. The Labute approximate surface area is 136 Å². The van der Waals surface area contributed by atoms with Gasteiger partial charge in [-0.15, -0.1) is 0 Å². The number of pyridine rings is 1. The van der Waals surface area contributed by atoms with E-state index in [9.17, 15) is 0 Å². The molecule has 2 aliphatic heterocycles. The second-order valence-electron chi connectivity index (χ2n) is 6.65. The summed E-state index contributed by atoms with van der Waals surface area (Å²) in [5, 5.41) is 1.16. The Balaban J connectivity index is 1.43. The monoisotopic (exact) mass is 316 g/mol. The number of anilines is 1. The first-order chi connectivity index (χ1) is 10.8. The van der Waals surface area contributed by atoms with E-state index in [0.29, 0.717) is 0 Å². The van der Waals surface area contributed by atoms with Gasteiger partial charge in [0, 0.05) is 25.3 Å². The first kappa shape index (κ1) is 14.4. The molecule has 0 N–H and O–H groups in total. The van der Waals surface area contributed by atoms with Gasteiger partial charge in [0.05, 0.1) is 4.70 Å². The van der Waals surface area contributed by atoms with Gasteiger partial charge in [-0.2, -0.15) is 4.98 Å². The Bertz CT molecular complexity index is 639. The molecule has 0 saturated carbocycles. The second-order valence-corrected chi connectivity index (χ2v) is 7.65. The SMILES string of the molecule is Cc1cnc2nc(N3CCC(N4CCCCC4)CC3)sc2c1. The number of hydrogen-bond acceptors (Lipinski definition) is 5. The summed E-state index contributed by atoms with van der Waals surface area (Å²) in [6.45, 7) is 7.00. The van der Waals surface area contributed by atoms with Crippen molar-refractivity contribution in [2.45, 2.75) is 45.1 Å². The summed E-state index contributed by atoms with van der Waals surface area (Å²) >= 11 is 1.79. The van der Waals surface area contributed by atoms with Gasteiger partial charge in [0.15, 0.2) is 10.8 Å². The summed E-state index contributed by atoms with van der Waals surface area (Å²) < 4.78 is 1.22. The van der Waals surface area contributed by atoms with Crippen LogP contribution >= 0.6 is 11.3 Å². The molecule has 2 fully saturated rings. The van der Waals surface area contributed by atoms with Crippen LogP contribution in [0, 0.1) is 6.92 Å². The summed E-state index contributed by atoms with van der Waals surface area (Å²) in [5.41, 5.74) is 2.12. The average Bonchev–Trinajstić information content (AvgIpc) is 2.99. The van der Waals surface area contributed by atoms with Crippen molar-refractivity contribution in [3.63, 3.8) is 0 Å². The third kappa shape index (κ3) is 2.84. The average molecular weight is 316 g/mol. The molecule has 0 atom stereocenters. The highest BCUT2D eigenvalue weighted by molar-refractivity contribution is 7.22. The van der Waals surface area contributed by atoms with E-state index < -0.39 is 0 Å². The number of nitrogens with zero attached hydrogens (tertiary/aromatic N) is 4. The third-order valence-electron chi connectivity index (χ3n) is 5.01. The maximum absolute atomic E-state index is 4.73. The number of hydrogen-bond donors (Lipinski definition) is 0. The van der Waals surface area contributed by atoms with Crippen LogP contribution in [0.3, 0.4) is 0 Å². The van der Waals surface area contributed by atoms with Gasteiger partial charge in [0.1, 0.15) is 0 Å². The minimum Gasteiger partial charge on any atom is -0.348 e. The number of fused-ring (bicyclic) bond motifs is 1. The highest BCUT2D eigenvalue weighted by Gasteiger charge is 2.26. The molecule has 0 aliphatic carbocycles. The van der Waals surface area contributed by atoms with Gasteiger partial charge in [-0.05, 0) is 57.3 Å². The molecule has 0 bridgehead atoms. The van der Waals surface area contributed by atoms with E-state index in [2.05, 4.69) is 27.8 Å². The molecule has 0 aromatic carbocycles. The van der Waals surface area contributed by atoms with Crippen molar-refractivity contribution in [3.8, 4) is 0 Å². The van der Waals surface area contributed by atoms with Crippen LogP contribution in [-0.4, -0.2) is 47.1 Å². The van der Waals surface area contributed by atoms with E-state index >= 15 is 0 Å². The molecule has 118 valence electrons. The molecule has 0 amide bonds. The molecule has 4 heterocycles. The zero-order valence-electron chi connectivity index (χ0n) is 13.3. The van der Waals surface area contributed by atoms with Crippen LogP contribution in [0.4, 0.5) is 5.13 Å². The van der Waals surface area contributed by atoms with Gasteiger partial charge in [0.2, 0.25) is 0 Å². The molecule has 2 aliphatic rings. The minimum absolute atomic E-state index is 0.797. The Kier molecular flexibility index (Phi) is 4.01. The van der Waals surface area contributed by atoms with Crippen LogP contribution in [-0.2, 0) is 0 Å². The van der Waals surface area contributed by atoms with Gasteiger partial charge < -0.3 is 9.80 Å². The fraction of sp³-hybridized carbons (Fsp3) is 0.647. The van der Waals surface area contributed by atoms with E-state index in [-0.39, 0.29) is 0 Å². The zero-order chi connectivity index (χ0) is 14.9. The molecular weight excluding hydrogens is 292 g/mol. The zero-order valence-corrected chi connectivity index (χ0v) is 14.1. The molecule has 2 aromatic rings. The quantitative estimate of drug-likeness (QED) is 0.849. The van der Waals surface area contributed by atoms with Gasteiger partial charge in [-0.3, -0.25) is 0 Å². The lowest BCUT2D eigenvalue weighted by Gasteiger charge is -2.40. The Hall–Kier alpha value is -1.20. The molecule has 2 saturated heterocycles. The van der Waals surface area contributed by atoms with Gasteiger partial charge in [-0.1, -0.05) is 17.8 Å². The normalized spacial score (nSPS) is 21.6. The maximum Gasteiger partial charge on any atom is 0.188 e. The van der Waals surface area contributed by atoms with Crippen LogP contribution < -0.4 is 4.90 Å². The van der Waals surface area contributed by atoms with E-state index in [1.54, 1.807) is 11.3 Å². The van der Waals surface area contributed by atoms with E-state index in [1.807, 2.05) is 6.20 Å². The van der Waals surface area contributed by atoms with Gasteiger partial charge in [-0.25, -0.2) is 4.98 Å². The highest BCUT2D eigenvalue weighted by Crippen LogP contribution is 2.31. The number of aromatic nitrogens is 2. The minimum atomic E-state index is 0.797. The number of piperidine rings is 2. The van der Waals surface area contributed by atoms with Gasteiger partial charge in [0.25, 0.3) is 0 Å². The fourth-order valence-electron chi connectivity index (χ4n) is 3.75. The van der Waals surface area contributed by atoms with Crippen LogP contribution in [0.2, 0.25) is 0 Å². The Morgan fingerprint density at radius 3 is 2.64 bits per heavy atom. The summed E-state index contributed by atoms with van der Waals surface area (Å²) in [5.74, 6) is 0. The Morgan fingerprint density at radius 2 is 1.86 bits per heavy atom. The van der Waals surface area contributed by atoms with Crippen LogP contribution in [0.1, 0.15) is 37.7 Å². The molecule has 0 unspecified atom stereocenters. The lowest BCUT2D eigenvalue weighted by molar-refractivity contribution is 0.141. The number of rotatable bonds is 2. The topological polar surface area (TPSA) is 32.3 Å². The first-order valence-corrected chi connectivity index (χ1v) is 9.33. The van der Waals surface area contributed by atoms with Crippen molar-refractivity contribution in [2.24, 2.45) is 0 Å². The summed E-state index contributed by atoms with van der Waals surface area (Å²) in [4.78, 5) is 14.4. The standard InChI is InChI=1S/C17H24N4S/c1-13-11-15-16(18-12-13)19-17(22-15)21-9-5-14(6-10-21)20-7-3-2-4-8-20/h11-12,14H,2-10H2,1H3. The van der Waals surface area contributed by atoms with Crippen LogP contribution in [0.25, 0.3) is 10.3 Å². The van der Waals surface area contributed by atoms with Gasteiger partial charge >= 0.3 is 0 Å². The highest BCUT2D eigenvalue weighted by atomic mass is 32.1. The predicted molar refractivity (Wildman–Crippen MR) is 92.8 cm³/mol. The van der Waals surface area contributed by atoms with E-state index in [0.717, 1.165) is 29.9 Å². The van der Waals surface area contributed by atoms with Crippen molar-refractivity contribution in [1.82, 2.24) is 14.9 Å². The molecule has 5 heteroatoms. The van der Waals surface area contributed by atoms with Crippen LogP contribution in [0.15, 0.2) is 12.3 Å². The lowest BCUT2D eigenvalue weighted by atomic mass is 10.0. The fourth-order valence-corrected chi connectivity index (χ4v) is 4.82. The molecule has 4 rings (SSSR count). The van der Waals surface area contributed by atoms with E-state index in [4.69, 9.17) is 4.98 Å². The third-order valence-corrected chi connectivity index (χ3v) is 6.07. The number of aryl methyl sites for hydroxylation is 1. The molecule has 22 heavy (non-hydrogen) atoms. The van der Waals surface area contributed by atoms with Crippen molar-refractivity contribution in [2.75, 3.05) is 31.1 Å². The van der Waals surface area contributed by atoms with Crippen LogP contribution in [0.5, 0.6) is 0 Å². The van der Waals surface area contributed by atoms with Crippen molar-refractivity contribution in [1.29, 1.82) is 0 Å². The second kappa shape index (κ2) is 6.13.